The standard InChI is InChI=1S/C16H32N2S/c1-12-14(17)7-6-13(16(12,4)5)10-18-8-9-19-15(2,3)11-18/h12-14H,6-11,17H2,1-5H3. The predicted octanol–water partition coefficient (Wildman–Crippen LogP) is 3.21. The lowest BCUT2D eigenvalue weighted by Crippen LogP contribution is -2.52. The number of rotatable bonds is 2. The summed E-state index contributed by atoms with van der Waals surface area (Å²) in [5.41, 5.74) is 6.66. The molecule has 1 heterocycles. The maximum absolute atomic E-state index is 6.28. The molecule has 112 valence electrons. The van der Waals surface area contributed by atoms with E-state index in [0.29, 0.717) is 22.1 Å². The van der Waals surface area contributed by atoms with Crippen LogP contribution in [0.25, 0.3) is 0 Å². The Morgan fingerprint density at radius 1 is 1.21 bits per heavy atom. The fourth-order valence-corrected chi connectivity index (χ4v) is 5.02. The van der Waals surface area contributed by atoms with Crippen molar-refractivity contribution in [2.45, 2.75) is 58.2 Å². The van der Waals surface area contributed by atoms with Gasteiger partial charge in [-0.2, -0.15) is 11.8 Å². The first-order chi connectivity index (χ1) is 8.72. The first kappa shape index (κ1) is 15.7. The van der Waals surface area contributed by atoms with E-state index < -0.39 is 0 Å². The third kappa shape index (κ3) is 3.48. The number of hydrogen-bond acceptors (Lipinski definition) is 3. The van der Waals surface area contributed by atoms with Gasteiger partial charge in [-0.3, -0.25) is 0 Å². The highest BCUT2D eigenvalue weighted by molar-refractivity contribution is 8.00. The second-order valence-electron chi connectivity index (χ2n) is 7.89. The van der Waals surface area contributed by atoms with Crippen molar-refractivity contribution in [2.24, 2.45) is 23.0 Å². The van der Waals surface area contributed by atoms with Crippen LogP contribution in [0.2, 0.25) is 0 Å². The lowest BCUT2D eigenvalue weighted by atomic mass is 9.61. The van der Waals surface area contributed by atoms with Gasteiger partial charge < -0.3 is 10.6 Å². The molecule has 0 spiro atoms. The van der Waals surface area contributed by atoms with Crippen molar-refractivity contribution in [3.63, 3.8) is 0 Å². The fraction of sp³-hybridized carbons (Fsp3) is 1.00. The molecule has 1 aliphatic heterocycles. The minimum Gasteiger partial charge on any atom is -0.327 e. The van der Waals surface area contributed by atoms with E-state index in [9.17, 15) is 0 Å². The monoisotopic (exact) mass is 284 g/mol. The SMILES string of the molecule is CC1C(N)CCC(CN2CCSC(C)(C)C2)C1(C)C. The molecule has 19 heavy (non-hydrogen) atoms. The van der Waals surface area contributed by atoms with E-state index in [-0.39, 0.29) is 0 Å². The Bertz CT molecular complexity index is 314. The van der Waals surface area contributed by atoms with Gasteiger partial charge in [-0.05, 0) is 43.9 Å². The van der Waals surface area contributed by atoms with Crippen LogP contribution in [-0.4, -0.2) is 41.1 Å². The molecule has 3 heteroatoms. The highest BCUT2D eigenvalue weighted by atomic mass is 32.2. The summed E-state index contributed by atoms with van der Waals surface area (Å²) in [7, 11) is 0. The van der Waals surface area contributed by atoms with Gasteiger partial charge in [0.05, 0.1) is 0 Å². The molecule has 2 aliphatic rings. The Labute approximate surface area is 123 Å². The average Bonchev–Trinajstić information content (AvgIpc) is 2.29. The van der Waals surface area contributed by atoms with Crippen molar-refractivity contribution < 1.29 is 0 Å². The van der Waals surface area contributed by atoms with Crippen molar-refractivity contribution in [3.8, 4) is 0 Å². The van der Waals surface area contributed by atoms with Gasteiger partial charge in [0.1, 0.15) is 0 Å². The molecule has 0 amide bonds. The van der Waals surface area contributed by atoms with Gasteiger partial charge in [-0.25, -0.2) is 0 Å². The molecule has 2 fully saturated rings. The van der Waals surface area contributed by atoms with Gasteiger partial charge >= 0.3 is 0 Å². The topological polar surface area (TPSA) is 29.3 Å². The van der Waals surface area contributed by atoms with E-state index in [1.165, 1.54) is 38.2 Å². The van der Waals surface area contributed by atoms with Crippen LogP contribution in [0.15, 0.2) is 0 Å². The summed E-state index contributed by atoms with van der Waals surface area (Å²) in [6, 6.07) is 0.402. The molecule has 0 aromatic carbocycles. The number of nitrogens with two attached hydrogens (primary N) is 1. The summed E-state index contributed by atoms with van der Waals surface area (Å²) in [6.45, 7) is 15.8. The Hall–Kier alpha value is 0.270. The number of hydrogen-bond donors (Lipinski definition) is 1. The Morgan fingerprint density at radius 2 is 1.89 bits per heavy atom. The van der Waals surface area contributed by atoms with E-state index in [2.05, 4.69) is 51.3 Å². The Morgan fingerprint density at radius 3 is 2.53 bits per heavy atom. The molecule has 1 aliphatic carbocycles. The van der Waals surface area contributed by atoms with E-state index in [1.807, 2.05) is 0 Å². The summed E-state index contributed by atoms with van der Waals surface area (Å²) < 4.78 is 0.430. The largest absolute Gasteiger partial charge is 0.327 e. The lowest BCUT2D eigenvalue weighted by Gasteiger charge is -2.49. The highest BCUT2D eigenvalue weighted by Gasteiger charge is 2.42. The Kier molecular flexibility index (Phi) is 4.59. The van der Waals surface area contributed by atoms with E-state index in [1.54, 1.807) is 0 Å². The zero-order valence-corrected chi connectivity index (χ0v) is 14.2. The van der Waals surface area contributed by atoms with Crippen molar-refractivity contribution in [1.82, 2.24) is 4.90 Å². The van der Waals surface area contributed by atoms with Crippen LogP contribution in [0.1, 0.15) is 47.5 Å². The average molecular weight is 285 g/mol. The van der Waals surface area contributed by atoms with Crippen molar-refractivity contribution >= 4 is 11.8 Å². The maximum Gasteiger partial charge on any atom is 0.0231 e. The van der Waals surface area contributed by atoms with Crippen LogP contribution >= 0.6 is 11.8 Å². The zero-order valence-electron chi connectivity index (χ0n) is 13.4. The number of thioether (sulfide) groups is 1. The van der Waals surface area contributed by atoms with Crippen LogP contribution < -0.4 is 5.73 Å². The third-order valence-corrected chi connectivity index (χ3v) is 7.00. The van der Waals surface area contributed by atoms with Gasteiger partial charge in [0.15, 0.2) is 0 Å². The van der Waals surface area contributed by atoms with Gasteiger partial charge in [0.25, 0.3) is 0 Å². The summed E-state index contributed by atoms with van der Waals surface area (Å²) in [4.78, 5) is 2.70. The molecule has 3 atom stereocenters. The molecule has 0 radical (unpaired) electrons. The summed E-state index contributed by atoms with van der Waals surface area (Å²) in [5, 5.41) is 0. The van der Waals surface area contributed by atoms with E-state index >= 15 is 0 Å². The van der Waals surface area contributed by atoms with E-state index in [0.717, 1.165) is 5.92 Å². The lowest BCUT2D eigenvalue weighted by molar-refractivity contribution is 0.0277. The summed E-state index contributed by atoms with van der Waals surface area (Å²) in [6.07, 6.45) is 2.52. The van der Waals surface area contributed by atoms with Gasteiger partial charge in [-0.1, -0.05) is 20.8 Å². The van der Waals surface area contributed by atoms with Crippen LogP contribution in [0, 0.1) is 17.3 Å². The van der Waals surface area contributed by atoms with Crippen LogP contribution in [-0.2, 0) is 0 Å². The van der Waals surface area contributed by atoms with Crippen LogP contribution in [0.4, 0.5) is 0 Å². The molecular formula is C16H32N2S. The predicted molar refractivity (Wildman–Crippen MR) is 86.6 cm³/mol. The minimum atomic E-state index is 0.381. The fourth-order valence-electron chi connectivity index (χ4n) is 3.85. The second-order valence-corrected chi connectivity index (χ2v) is 9.69. The normalized spacial score (nSPS) is 39.2. The maximum atomic E-state index is 6.28. The van der Waals surface area contributed by atoms with Crippen molar-refractivity contribution in [2.75, 3.05) is 25.4 Å². The van der Waals surface area contributed by atoms with Gasteiger partial charge in [0, 0.05) is 36.2 Å². The molecule has 0 bridgehead atoms. The van der Waals surface area contributed by atoms with Crippen molar-refractivity contribution in [3.05, 3.63) is 0 Å². The van der Waals surface area contributed by atoms with Gasteiger partial charge in [-0.15, -0.1) is 0 Å². The zero-order chi connectivity index (χ0) is 14.3. The number of nitrogens with zero attached hydrogens (tertiary/aromatic N) is 1. The van der Waals surface area contributed by atoms with Crippen LogP contribution in [0.5, 0.6) is 0 Å². The molecule has 1 saturated carbocycles. The molecule has 1 saturated heterocycles. The molecule has 2 N–H and O–H groups in total. The molecule has 2 nitrogen and oxygen atoms in total. The first-order valence-corrected chi connectivity index (χ1v) is 8.83. The Balaban J connectivity index is 1.98. The van der Waals surface area contributed by atoms with Crippen LogP contribution in [0.3, 0.4) is 0 Å². The molecular weight excluding hydrogens is 252 g/mol. The van der Waals surface area contributed by atoms with E-state index in [4.69, 9.17) is 5.73 Å². The summed E-state index contributed by atoms with van der Waals surface area (Å²) in [5.74, 6) is 2.73. The highest BCUT2D eigenvalue weighted by Crippen LogP contribution is 2.45. The second kappa shape index (κ2) is 5.57. The first-order valence-electron chi connectivity index (χ1n) is 7.84. The van der Waals surface area contributed by atoms with Crippen molar-refractivity contribution in [1.29, 1.82) is 0 Å². The quantitative estimate of drug-likeness (QED) is 0.844. The van der Waals surface area contributed by atoms with Gasteiger partial charge in [0.2, 0.25) is 0 Å². The smallest absolute Gasteiger partial charge is 0.0231 e. The third-order valence-electron chi connectivity index (χ3n) is 5.70. The molecule has 2 rings (SSSR count). The minimum absolute atomic E-state index is 0.381. The molecule has 3 unspecified atom stereocenters. The molecule has 0 aromatic rings. The summed E-state index contributed by atoms with van der Waals surface area (Å²) >= 11 is 2.13. The molecule has 0 aromatic heterocycles.